The summed E-state index contributed by atoms with van der Waals surface area (Å²) in [4.78, 5) is 4.38. The minimum Gasteiger partial charge on any atom is -0.227 e. The first-order valence-electron chi connectivity index (χ1n) is 6.84. The lowest BCUT2D eigenvalue weighted by molar-refractivity contribution is 0.844. The molecule has 3 aromatic rings. The Morgan fingerprint density at radius 3 is 2.19 bits per heavy atom. The van der Waals surface area contributed by atoms with Gasteiger partial charge in [0.15, 0.2) is 0 Å². The Morgan fingerprint density at radius 2 is 1.52 bits per heavy atom. The van der Waals surface area contributed by atoms with Crippen LogP contribution in [-0.4, -0.2) is 20.9 Å². The number of aromatic nitrogens is 3. The lowest BCUT2D eigenvalue weighted by Gasteiger charge is -2.02. The molecule has 0 saturated carbocycles. The molecule has 0 bridgehead atoms. The van der Waals surface area contributed by atoms with Crippen LogP contribution in [0.5, 0.6) is 0 Å². The molecule has 0 aliphatic rings. The Morgan fingerprint density at radius 1 is 0.810 bits per heavy atom. The van der Waals surface area contributed by atoms with E-state index in [9.17, 15) is 0 Å². The minimum absolute atomic E-state index is 0.727. The van der Waals surface area contributed by atoms with Crippen LogP contribution in [0, 0.1) is 0 Å². The fourth-order valence-electron chi connectivity index (χ4n) is 1.98. The first kappa shape index (κ1) is 13.8. The summed E-state index contributed by atoms with van der Waals surface area (Å²) < 4.78 is 0. The predicted octanol–water partition coefficient (Wildman–Crippen LogP) is 3.87. The van der Waals surface area contributed by atoms with Gasteiger partial charge in [-0.25, -0.2) is 4.98 Å². The van der Waals surface area contributed by atoms with Gasteiger partial charge >= 0.3 is 0 Å². The van der Waals surface area contributed by atoms with Crippen molar-refractivity contribution in [3.8, 4) is 11.3 Å². The normalized spacial score (nSPS) is 10.5. The van der Waals surface area contributed by atoms with Gasteiger partial charge in [0, 0.05) is 11.3 Å². The molecule has 0 atom stereocenters. The maximum absolute atomic E-state index is 4.38. The number of rotatable bonds is 5. The summed E-state index contributed by atoms with van der Waals surface area (Å²) in [7, 11) is 0. The van der Waals surface area contributed by atoms with Crippen molar-refractivity contribution in [2.75, 3.05) is 5.75 Å². The molecule has 21 heavy (non-hydrogen) atoms. The number of benzene rings is 2. The van der Waals surface area contributed by atoms with E-state index in [-0.39, 0.29) is 0 Å². The van der Waals surface area contributed by atoms with E-state index >= 15 is 0 Å². The first-order chi connectivity index (χ1) is 10.4. The number of thioether (sulfide) groups is 1. The molecule has 0 saturated heterocycles. The van der Waals surface area contributed by atoms with Crippen molar-refractivity contribution in [1.82, 2.24) is 15.2 Å². The van der Waals surface area contributed by atoms with E-state index in [2.05, 4.69) is 39.4 Å². The smallest absolute Gasteiger partial charge is 0.209 e. The third-order valence-corrected chi connectivity index (χ3v) is 3.93. The molecule has 3 rings (SSSR count). The first-order valence-corrected chi connectivity index (χ1v) is 7.82. The third kappa shape index (κ3) is 3.89. The topological polar surface area (TPSA) is 38.7 Å². The molecule has 1 aromatic heterocycles. The molecule has 0 fully saturated rings. The van der Waals surface area contributed by atoms with E-state index < -0.39 is 0 Å². The summed E-state index contributed by atoms with van der Waals surface area (Å²) in [6.45, 7) is 0. The molecule has 0 radical (unpaired) electrons. The summed E-state index contributed by atoms with van der Waals surface area (Å²) in [5, 5.41) is 9.16. The molecule has 0 amide bonds. The standard InChI is InChI=1S/C17H15N3S/c1-3-7-14(8-4-1)11-12-21-17-18-13-16(19-20-17)15-9-5-2-6-10-15/h1-10,13H,11-12H2. The van der Waals surface area contributed by atoms with Gasteiger partial charge in [-0.2, -0.15) is 0 Å². The van der Waals surface area contributed by atoms with Crippen LogP contribution >= 0.6 is 11.8 Å². The second kappa shape index (κ2) is 6.99. The maximum atomic E-state index is 4.38. The van der Waals surface area contributed by atoms with Crippen LogP contribution in [0.25, 0.3) is 11.3 Å². The highest BCUT2D eigenvalue weighted by Gasteiger charge is 2.02. The van der Waals surface area contributed by atoms with Crippen LogP contribution in [0.4, 0.5) is 0 Å². The van der Waals surface area contributed by atoms with Crippen molar-refractivity contribution in [1.29, 1.82) is 0 Å². The van der Waals surface area contributed by atoms with E-state index in [1.54, 1.807) is 18.0 Å². The van der Waals surface area contributed by atoms with Gasteiger partial charge < -0.3 is 0 Å². The average Bonchev–Trinajstić information content (AvgIpc) is 2.57. The van der Waals surface area contributed by atoms with Crippen molar-refractivity contribution in [2.24, 2.45) is 0 Å². The van der Waals surface area contributed by atoms with Gasteiger partial charge in [0.05, 0.1) is 6.20 Å². The summed E-state index contributed by atoms with van der Waals surface area (Å²) in [6, 6.07) is 20.4. The quantitative estimate of drug-likeness (QED) is 0.669. The van der Waals surface area contributed by atoms with Crippen LogP contribution in [-0.2, 0) is 6.42 Å². The third-order valence-electron chi connectivity index (χ3n) is 3.07. The Labute approximate surface area is 128 Å². The maximum Gasteiger partial charge on any atom is 0.209 e. The monoisotopic (exact) mass is 293 g/mol. The van der Waals surface area contributed by atoms with Crippen LogP contribution in [0.2, 0.25) is 0 Å². The zero-order valence-corrected chi connectivity index (χ0v) is 12.3. The van der Waals surface area contributed by atoms with Crippen molar-refractivity contribution >= 4 is 11.8 Å². The SMILES string of the molecule is c1ccc(CCSc2ncc(-c3ccccc3)nn2)cc1. The van der Waals surface area contributed by atoms with Gasteiger partial charge in [0.1, 0.15) is 5.69 Å². The van der Waals surface area contributed by atoms with E-state index in [0.717, 1.165) is 28.6 Å². The van der Waals surface area contributed by atoms with Crippen molar-refractivity contribution in [3.63, 3.8) is 0 Å². The van der Waals surface area contributed by atoms with Gasteiger partial charge in [0.25, 0.3) is 0 Å². The fraction of sp³-hybridized carbons (Fsp3) is 0.118. The largest absolute Gasteiger partial charge is 0.227 e. The summed E-state index contributed by atoms with van der Waals surface area (Å²) in [5.74, 6) is 0.955. The molecule has 0 aliphatic carbocycles. The zero-order valence-electron chi connectivity index (χ0n) is 11.5. The number of hydrogen-bond acceptors (Lipinski definition) is 4. The lowest BCUT2D eigenvalue weighted by atomic mass is 10.2. The fourth-order valence-corrected chi connectivity index (χ4v) is 2.72. The van der Waals surface area contributed by atoms with E-state index in [1.165, 1.54) is 5.56 Å². The van der Waals surface area contributed by atoms with Crippen molar-refractivity contribution < 1.29 is 0 Å². The molecule has 1 heterocycles. The highest BCUT2D eigenvalue weighted by molar-refractivity contribution is 7.99. The Bertz CT molecular complexity index is 669. The zero-order chi connectivity index (χ0) is 14.3. The minimum atomic E-state index is 0.727. The average molecular weight is 293 g/mol. The summed E-state index contributed by atoms with van der Waals surface area (Å²) >= 11 is 1.63. The van der Waals surface area contributed by atoms with Gasteiger partial charge in [0.2, 0.25) is 5.16 Å². The summed E-state index contributed by atoms with van der Waals surface area (Å²) in [5.41, 5.74) is 3.18. The van der Waals surface area contributed by atoms with Gasteiger partial charge in [-0.15, -0.1) is 10.2 Å². The molecule has 0 N–H and O–H groups in total. The molecule has 0 aliphatic heterocycles. The van der Waals surface area contributed by atoms with Crippen LogP contribution in [0.3, 0.4) is 0 Å². The molecule has 104 valence electrons. The van der Waals surface area contributed by atoms with Crippen LogP contribution < -0.4 is 0 Å². The number of nitrogens with zero attached hydrogens (tertiary/aromatic N) is 3. The van der Waals surface area contributed by atoms with Crippen molar-refractivity contribution in [2.45, 2.75) is 11.6 Å². The highest BCUT2D eigenvalue weighted by atomic mass is 32.2. The Kier molecular flexibility index (Phi) is 4.59. The van der Waals surface area contributed by atoms with Crippen molar-refractivity contribution in [3.05, 3.63) is 72.4 Å². The van der Waals surface area contributed by atoms with Gasteiger partial charge in [-0.05, 0) is 12.0 Å². The second-order valence-electron chi connectivity index (χ2n) is 4.58. The molecular formula is C17H15N3S. The molecule has 0 unspecified atom stereocenters. The van der Waals surface area contributed by atoms with E-state index in [0.29, 0.717) is 0 Å². The molecule has 0 spiro atoms. The number of hydrogen-bond donors (Lipinski definition) is 0. The molecule has 4 heteroatoms. The van der Waals surface area contributed by atoms with Gasteiger partial charge in [-0.3, -0.25) is 0 Å². The Hall–Kier alpha value is -2.20. The van der Waals surface area contributed by atoms with E-state index in [1.807, 2.05) is 36.4 Å². The molecule has 2 aromatic carbocycles. The number of aryl methyl sites for hydroxylation is 1. The predicted molar refractivity (Wildman–Crippen MR) is 86.1 cm³/mol. The molecule has 3 nitrogen and oxygen atoms in total. The lowest BCUT2D eigenvalue weighted by Crippen LogP contribution is -1.95. The molecular weight excluding hydrogens is 278 g/mol. The van der Waals surface area contributed by atoms with E-state index in [4.69, 9.17) is 0 Å². The van der Waals surface area contributed by atoms with Crippen LogP contribution in [0.15, 0.2) is 72.0 Å². The highest BCUT2D eigenvalue weighted by Crippen LogP contribution is 2.17. The second-order valence-corrected chi connectivity index (χ2v) is 5.64. The van der Waals surface area contributed by atoms with Crippen LogP contribution in [0.1, 0.15) is 5.56 Å². The Balaban J connectivity index is 1.58. The van der Waals surface area contributed by atoms with Gasteiger partial charge in [-0.1, -0.05) is 72.4 Å². The summed E-state index contributed by atoms with van der Waals surface area (Å²) in [6.07, 6.45) is 2.79.